The van der Waals surface area contributed by atoms with E-state index in [-0.39, 0.29) is 19.1 Å². The maximum absolute atomic E-state index is 12.2. The molecule has 0 saturated heterocycles. The van der Waals surface area contributed by atoms with Crippen LogP contribution in [0.5, 0.6) is 5.75 Å². The summed E-state index contributed by atoms with van der Waals surface area (Å²) in [4.78, 5) is 1.61. The second-order valence-corrected chi connectivity index (χ2v) is 4.37. The van der Waals surface area contributed by atoms with Crippen LogP contribution in [-0.4, -0.2) is 38.3 Å². The maximum atomic E-state index is 12.2. The van der Waals surface area contributed by atoms with Crippen molar-refractivity contribution in [1.29, 1.82) is 0 Å². The Balaban J connectivity index is 2.75. The summed E-state index contributed by atoms with van der Waals surface area (Å²) in [7, 11) is 3.19. The van der Waals surface area contributed by atoms with Crippen LogP contribution in [0.15, 0.2) is 24.3 Å². The molecule has 0 amide bonds. The van der Waals surface area contributed by atoms with Crippen LogP contribution in [0.2, 0.25) is 0 Å². The number of methoxy groups -OCH3 is 1. The quantitative estimate of drug-likeness (QED) is 0.868. The molecule has 6 heteroatoms. The zero-order chi connectivity index (χ0) is 14.5. The smallest absolute Gasteiger partial charge is 0.390 e. The first-order chi connectivity index (χ1) is 8.87. The molecule has 0 aromatic heterocycles. The van der Waals surface area contributed by atoms with E-state index in [9.17, 15) is 13.2 Å². The van der Waals surface area contributed by atoms with Crippen LogP contribution < -0.4 is 10.5 Å². The first-order valence-electron chi connectivity index (χ1n) is 5.98. The number of nitrogens with two attached hydrogens (primary N) is 1. The molecule has 0 fully saturated rings. The third kappa shape index (κ3) is 5.08. The van der Waals surface area contributed by atoms with E-state index in [0.717, 1.165) is 5.56 Å². The van der Waals surface area contributed by atoms with E-state index < -0.39 is 12.6 Å². The van der Waals surface area contributed by atoms with Crippen LogP contribution in [-0.2, 0) is 0 Å². The lowest BCUT2D eigenvalue weighted by Gasteiger charge is -2.28. The number of benzene rings is 1. The van der Waals surface area contributed by atoms with E-state index in [1.54, 1.807) is 37.3 Å². The van der Waals surface area contributed by atoms with Crippen LogP contribution in [0.1, 0.15) is 18.0 Å². The monoisotopic (exact) mass is 276 g/mol. The lowest BCUT2D eigenvalue weighted by molar-refractivity contribution is -0.138. The fourth-order valence-electron chi connectivity index (χ4n) is 1.88. The minimum atomic E-state index is -4.15. The van der Waals surface area contributed by atoms with Crippen molar-refractivity contribution in [2.75, 3.05) is 27.2 Å². The number of rotatable bonds is 6. The average Bonchev–Trinajstić information content (AvgIpc) is 2.37. The van der Waals surface area contributed by atoms with Crippen molar-refractivity contribution in [2.45, 2.75) is 18.6 Å². The van der Waals surface area contributed by atoms with Gasteiger partial charge >= 0.3 is 6.18 Å². The van der Waals surface area contributed by atoms with Gasteiger partial charge in [0, 0.05) is 19.1 Å². The van der Waals surface area contributed by atoms with Gasteiger partial charge in [0.15, 0.2) is 0 Å². The lowest BCUT2D eigenvalue weighted by atomic mass is 10.1. The number of hydrogen-bond acceptors (Lipinski definition) is 3. The van der Waals surface area contributed by atoms with Crippen molar-refractivity contribution in [1.82, 2.24) is 4.90 Å². The normalized spacial score (nSPS) is 13.6. The van der Waals surface area contributed by atoms with Crippen molar-refractivity contribution in [3.05, 3.63) is 29.8 Å². The van der Waals surface area contributed by atoms with Gasteiger partial charge in [-0.1, -0.05) is 12.1 Å². The molecule has 0 saturated carbocycles. The SMILES string of the molecule is COc1cccc(C(CN)N(C)CCC(F)(F)F)c1. The Bertz CT molecular complexity index is 396. The van der Waals surface area contributed by atoms with E-state index in [2.05, 4.69) is 0 Å². The Labute approximate surface area is 111 Å². The summed E-state index contributed by atoms with van der Waals surface area (Å²) in [6.07, 6.45) is -4.99. The molecule has 0 bridgehead atoms. The highest BCUT2D eigenvalue weighted by atomic mass is 19.4. The molecule has 108 valence electrons. The lowest BCUT2D eigenvalue weighted by Crippen LogP contribution is -2.33. The van der Waals surface area contributed by atoms with Crippen molar-refractivity contribution in [2.24, 2.45) is 5.73 Å². The molecule has 0 aliphatic heterocycles. The molecule has 3 nitrogen and oxygen atoms in total. The Morgan fingerprint density at radius 2 is 2.05 bits per heavy atom. The third-order valence-electron chi connectivity index (χ3n) is 2.98. The topological polar surface area (TPSA) is 38.5 Å². The van der Waals surface area contributed by atoms with Gasteiger partial charge < -0.3 is 10.5 Å². The van der Waals surface area contributed by atoms with Crippen molar-refractivity contribution in [3.8, 4) is 5.75 Å². The van der Waals surface area contributed by atoms with Gasteiger partial charge in [-0.3, -0.25) is 4.90 Å². The summed E-state index contributed by atoms with van der Waals surface area (Å²) in [6, 6.07) is 6.96. The summed E-state index contributed by atoms with van der Waals surface area (Å²) in [5.41, 5.74) is 6.53. The van der Waals surface area contributed by atoms with Crippen LogP contribution in [0, 0.1) is 0 Å². The van der Waals surface area contributed by atoms with Gasteiger partial charge in [-0.05, 0) is 24.7 Å². The van der Waals surface area contributed by atoms with E-state index >= 15 is 0 Å². The minimum Gasteiger partial charge on any atom is -0.497 e. The number of halogens is 3. The van der Waals surface area contributed by atoms with Gasteiger partial charge in [-0.25, -0.2) is 0 Å². The second-order valence-electron chi connectivity index (χ2n) is 4.37. The molecule has 1 aromatic carbocycles. The predicted octanol–water partition coefficient (Wildman–Crippen LogP) is 2.58. The zero-order valence-corrected chi connectivity index (χ0v) is 11.1. The Morgan fingerprint density at radius 3 is 2.58 bits per heavy atom. The molecule has 2 N–H and O–H groups in total. The predicted molar refractivity (Wildman–Crippen MR) is 68.1 cm³/mol. The van der Waals surface area contributed by atoms with E-state index in [1.165, 1.54) is 0 Å². The highest BCUT2D eigenvalue weighted by Crippen LogP contribution is 2.25. The maximum Gasteiger partial charge on any atom is 0.390 e. The van der Waals surface area contributed by atoms with Gasteiger partial charge in [0.1, 0.15) is 5.75 Å². The second kappa shape index (κ2) is 6.77. The molecule has 0 spiro atoms. The summed E-state index contributed by atoms with van der Waals surface area (Å²) in [6.45, 7) is 0.171. The van der Waals surface area contributed by atoms with Gasteiger partial charge in [-0.2, -0.15) is 13.2 Å². The fourth-order valence-corrected chi connectivity index (χ4v) is 1.88. The molecular formula is C13H19F3N2O. The van der Waals surface area contributed by atoms with Crippen LogP contribution in [0.4, 0.5) is 13.2 Å². The van der Waals surface area contributed by atoms with Crippen LogP contribution in [0.25, 0.3) is 0 Å². The Kier molecular flexibility index (Phi) is 5.62. The molecular weight excluding hydrogens is 257 g/mol. The molecule has 1 rings (SSSR count). The average molecular weight is 276 g/mol. The zero-order valence-electron chi connectivity index (χ0n) is 11.1. The number of nitrogens with zero attached hydrogens (tertiary/aromatic N) is 1. The molecule has 0 aliphatic rings. The van der Waals surface area contributed by atoms with E-state index in [4.69, 9.17) is 10.5 Å². The molecule has 19 heavy (non-hydrogen) atoms. The van der Waals surface area contributed by atoms with Crippen LogP contribution >= 0.6 is 0 Å². The third-order valence-corrected chi connectivity index (χ3v) is 2.98. The van der Waals surface area contributed by atoms with Crippen LogP contribution in [0.3, 0.4) is 0 Å². The molecule has 1 unspecified atom stereocenters. The van der Waals surface area contributed by atoms with Gasteiger partial charge in [0.2, 0.25) is 0 Å². The molecule has 0 heterocycles. The highest BCUT2D eigenvalue weighted by Gasteiger charge is 2.28. The number of hydrogen-bond donors (Lipinski definition) is 1. The van der Waals surface area contributed by atoms with E-state index in [1.807, 2.05) is 6.07 Å². The first kappa shape index (κ1) is 15.8. The van der Waals surface area contributed by atoms with Crippen molar-refractivity contribution < 1.29 is 17.9 Å². The number of likely N-dealkylation sites (N-methyl/N-ethyl adjacent to an activating group) is 1. The summed E-state index contributed by atoms with van der Waals surface area (Å²) in [5.74, 6) is 0.667. The standard InChI is InChI=1S/C13H19F3N2O/c1-18(7-6-13(14,15)16)12(9-17)10-4-3-5-11(8-10)19-2/h3-5,8,12H,6-7,9,17H2,1-2H3. The minimum absolute atomic E-state index is 0.0808. The van der Waals surface area contributed by atoms with Gasteiger partial charge in [0.05, 0.1) is 13.5 Å². The number of ether oxygens (including phenoxy) is 1. The Morgan fingerprint density at radius 1 is 1.37 bits per heavy atom. The molecule has 1 aromatic rings. The summed E-state index contributed by atoms with van der Waals surface area (Å²) in [5, 5.41) is 0. The molecule has 0 radical (unpaired) electrons. The van der Waals surface area contributed by atoms with Crippen molar-refractivity contribution >= 4 is 0 Å². The molecule has 1 atom stereocenters. The van der Waals surface area contributed by atoms with E-state index in [0.29, 0.717) is 5.75 Å². The fraction of sp³-hybridized carbons (Fsp3) is 0.538. The molecule has 0 aliphatic carbocycles. The summed E-state index contributed by atoms with van der Waals surface area (Å²) < 4.78 is 41.8. The van der Waals surface area contributed by atoms with Crippen molar-refractivity contribution in [3.63, 3.8) is 0 Å². The Hall–Kier alpha value is -1.27. The highest BCUT2D eigenvalue weighted by molar-refractivity contribution is 5.30. The summed E-state index contributed by atoms with van der Waals surface area (Å²) >= 11 is 0. The van der Waals surface area contributed by atoms with Gasteiger partial charge in [-0.15, -0.1) is 0 Å². The number of alkyl halides is 3. The first-order valence-corrected chi connectivity index (χ1v) is 5.98. The van der Waals surface area contributed by atoms with Gasteiger partial charge in [0.25, 0.3) is 0 Å². The largest absolute Gasteiger partial charge is 0.497 e.